The van der Waals surface area contributed by atoms with Crippen LogP contribution in [-0.2, 0) is 9.57 Å². The van der Waals surface area contributed by atoms with Gasteiger partial charge >= 0.3 is 0 Å². The van der Waals surface area contributed by atoms with Crippen LogP contribution in [0.5, 0.6) is 0 Å². The molecule has 0 spiro atoms. The lowest BCUT2D eigenvalue weighted by atomic mass is 10.6. The highest BCUT2D eigenvalue weighted by atomic mass is 16.7. The van der Waals surface area contributed by atoms with E-state index in [1.807, 2.05) is 6.92 Å². The average molecular weight is 158 g/mol. The first-order valence-corrected chi connectivity index (χ1v) is 3.33. The molecule has 0 amide bonds. The summed E-state index contributed by atoms with van der Waals surface area (Å²) in [5.41, 5.74) is 2.52. The van der Waals surface area contributed by atoms with Crippen LogP contribution in [0.1, 0.15) is 13.8 Å². The van der Waals surface area contributed by atoms with E-state index < -0.39 is 0 Å². The van der Waals surface area contributed by atoms with Crippen LogP contribution >= 0.6 is 0 Å². The molecule has 64 valence electrons. The maximum absolute atomic E-state index is 4.94. The molecular weight excluding hydrogens is 144 g/mol. The van der Waals surface area contributed by atoms with E-state index in [0.29, 0.717) is 11.6 Å². The lowest BCUT2D eigenvalue weighted by Crippen LogP contribution is -2.07. The van der Waals surface area contributed by atoms with Crippen molar-refractivity contribution in [1.82, 2.24) is 5.48 Å². The van der Waals surface area contributed by atoms with E-state index in [1.165, 1.54) is 0 Å². The monoisotopic (exact) mass is 158 g/mol. The number of ether oxygens (including phenoxy) is 1. The molecule has 0 rings (SSSR count). The number of nitrogens with one attached hydrogen (secondary N) is 1. The van der Waals surface area contributed by atoms with Gasteiger partial charge in [0.2, 0.25) is 0 Å². The predicted octanol–water partition coefficient (Wildman–Crippen LogP) is 1.06. The van der Waals surface area contributed by atoms with E-state index in [0.717, 1.165) is 0 Å². The smallest absolute Gasteiger partial charge is 0.275 e. The molecule has 1 N–H and O–H groups in total. The van der Waals surface area contributed by atoms with Crippen LogP contribution in [0.2, 0.25) is 0 Å². The molecule has 0 radical (unpaired) electrons. The van der Waals surface area contributed by atoms with E-state index in [1.54, 1.807) is 27.3 Å². The summed E-state index contributed by atoms with van der Waals surface area (Å²) in [7, 11) is 3.23. The minimum absolute atomic E-state index is 0.442. The van der Waals surface area contributed by atoms with Crippen LogP contribution < -0.4 is 5.48 Å². The van der Waals surface area contributed by atoms with Gasteiger partial charge < -0.3 is 9.57 Å². The largest absolute Gasteiger partial charge is 0.496 e. The van der Waals surface area contributed by atoms with Crippen molar-refractivity contribution in [2.24, 2.45) is 4.99 Å². The summed E-state index contributed by atoms with van der Waals surface area (Å²) in [4.78, 5) is 8.87. The molecule has 0 atom stereocenters. The van der Waals surface area contributed by atoms with Gasteiger partial charge in [-0.2, -0.15) is 5.48 Å². The Morgan fingerprint density at radius 3 is 2.55 bits per heavy atom. The van der Waals surface area contributed by atoms with Crippen LogP contribution in [0.15, 0.2) is 16.6 Å². The Balaban J connectivity index is 4.30. The number of hydrogen-bond donors (Lipinski definition) is 1. The number of hydrogen-bond acceptors (Lipinski definition) is 4. The van der Waals surface area contributed by atoms with Crippen molar-refractivity contribution in [2.75, 3.05) is 14.2 Å². The van der Waals surface area contributed by atoms with Gasteiger partial charge in [-0.05, 0) is 13.8 Å². The molecule has 11 heavy (non-hydrogen) atoms. The lowest BCUT2D eigenvalue weighted by Gasteiger charge is -2.05. The number of rotatable bonds is 4. The van der Waals surface area contributed by atoms with Crippen LogP contribution in [0, 0.1) is 0 Å². The van der Waals surface area contributed by atoms with Gasteiger partial charge in [-0.25, -0.2) is 4.99 Å². The summed E-state index contributed by atoms with van der Waals surface area (Å²) in [5.74, 6) is 1.08. The number of aliphatic imine (C=N–C) groups is 1. The second-order valence-corrected chi connectivity index (χ2v) is 1.76. The van der Waals surface area contributed by atoms with Crippen molar-refractivity contribution in [1.29, 1.82) is 0 Å². The summed E-state index contributed by atoms with van der Waals surface area (Å²) in [6.45, 7) is 3.58. The van der Waals surface area contributed by atoms with E-state index in [2.05, 4.69) is 10.5 Å². The van der Waals surface area contributed by atoms with Gasteiger partial charge in [0.15, 0.2) is 5.76 Å². The van der Waals surface area contributed by atoms with Crippen molar-refractivity contribution in [3.63, 3.8) is 0 Å². The van der Waals surface area contributed by atoms with Crippen LogP contribution in [0.3, 0.4) is 0 Å². The van der Waals surface area contributed by atoms with Gasteiger partial charge in [0.1, 0.15) is 0 Å². The van der Waals surface area contributed by atoms with E-state index in [4.69, 9.17) is 9.57 Å². The molecule has 4 nitrogen and oxygen atoms in total. The van der Waals surface area contributed by atoms with Gasteiger partial charge in [0, 0.05) is 13.3 Å². The van der Waals surface area contributed by atoms with Crippen LogP contribution in [0.25, 0.3) is 0 Å². The van der Waals surface area contributed by atoms with Gasteiger partial charge in [-0.1, -0.05) is 0 Å². The Kier molecular flexibility index (Phi) is 5.20. The fraction of sp³-hybridized carbons (Fsp3) is 0.571. The van der Waals surface area contributed by atoms with Gasteiger partial charge in [0.25, 0.3) is 5.88 Å². The van der Waals surface area contributed by atoms with Crippen LogP contribution in [0.4, 0.5) is 0 Å². The molecule has 0 aromatic heterocycles. The minimum atomic E-state index is 0.442. The fourth-order valence-electron chi connectivity index (χ4n) is 0.490. The van der Waals surface area contributed by atoms with Crippen LogP contribution in [-0.4, -0.2) is 20.4 Å². The molecule has 0 fully saturated rings. The Hall–Kier alpha value is -1.03. The molecule has 0 bridgehead atoms. The molecule has 0 aromatic carbocycles. The Morgan fingerprint density at radius 1 is 1.55 bits per heavy atom. The zero-order valence-corrected chi connectivity index (χ0v) is 7.34. The summed E-state index contributed by atoms with van der Waals surface area (Å²) in [6.07, 6.45) is 1.63. The standard InChI is InChI=1S/C7H14N2O2/c1-5-9-7(11-8-3)6(2)10-4/h5,8H,1-4H3/b7-6-,9-5-. The summed E-state index contributed by atoms with van der Waals surface area (Å²) in [6, 6.07) is 0. The summed E-state index contributed by atoms with van der Waals surface area (Å²) in [5, 5.41) is 0. The van der Waals surface area contributed by atoms with E-state index in [9.17, 15) is 0 Å². The first-order valence-electron chi connectivity index (χ1n) is 3.33. The normalized spacial score (nSPS) is 13.1. The second kappa shape index (κ2) is 5.73. The lowest BCUT2D eigenvalue weighted by molar-refractivity contribution is 0.106. The topological polar surface area (TPSA) is 42.8 Å². The highest BCUT2D eigenvalue weighted by Gasteiger charge is 1.99. The zero-order chi connectivity index (χ0) is 8.69. The van der Waals surface area contributed by atoms with Crippen molar-refractivity contribution in [3.8, 4) is 0 Å². The third kappa shape index (κ3) is 3.62. The number of hydroxylamine groups is 1. The Labute approximate surface area is 66.9 Å². The third-order valence-electron chi connectivity index (χ3n) is 1.05. The second-order valence-electron chi connectivity index (χ2n) is 1.76. The molecule has 0 aromatic rings. The first kappa shape index (κ1) is 9.97. The molecular formula is C7H14N2O2. The highest BCUT2D eigenvalue weighted by molar-refractivity contribution is 5.54. The van der Waals surface area contributed by atoms with Gasteiger partial charge in [-0.3, -0.25) is 0 Å². The van der Waals surface area contributed by atoms with Gasteiger partial charge in [-0.15, -0.1) is 0 Å². The molecule has 0 aliphatic carbocycles. The maximum atomic E-state index is 4.94. The fourth-order valence-corrected chi connectivity index (χ4v) is 0.490. The van der Waals surface area contributed by atoms with E-state index >= 15 is 0 Å². The maximum Gasteiger partial charge on any atom is 0.275 e. The number of allylic oxidation sites excluding steroid dienone is 1. The Morgan fingerprint density at radius 2 is 2.18 bits per heavy atom. The molecule has 0 saturated heterocycles. The van der Waals surface area contributed by atoms with Gasteiger partial charge in [0.05, 0.1) is 7.11 Å². The molecule has 0 heterocycles. The van der Waals surface area contributed by atoms with Crippen molar-refractivity contribution < 1.29 is 9.57 Å². The third-order valence-corrected chi connectivity index (χ3v) is 1.05. The minimum Gasteiger partial charge on any atom is -0.496 e. The highest BCUT2D eigenvalue weighted by Crippen LogP contribution is 2.05. The molecule has 0 saturated carbocycles. The van der Waals surface area contributed by atoms with Crippen molar-refractivity contribution >= 4 is 6.21 Å². The van der Waals surface area contributed by atoms with Crippen molar-refractivity contribution in [3.05, 3.63) is 11.6 Å². The molecule has 0 unspecified atom stereocenters. The van der Waals surface area contributed by atoms with E-state index in [-0.39, 0.29) is 0 Å². The molecule has 4 heteroatoms. The van der Waals surface area contributed by atoms with Crippen molar-refractivity contribution in [2.45, 2.75) is 13.8 Å². The predicted molar refractivity (Wildman–Crippen MR) is 44.0 cm³/mol. The summed E-state index contributed by atoms with van der Waals surface area (Å²) >= 11 is 0. The average Bonchev–Trinajstić information content (AvgIpc) is 2.03. The number of methoxy groups -OCH3 is 1. The zero-order valence-electron chi connectivity index (χ0n) is 7.34. The Bertz CT molecular complexity index is 164. The molecule has 0 aliphatic heterocycles. The first-order chi connectivity index (χ1) is 5.26. The number of nitrogens with zero attached hydrogens (tertiary/aromatic N) is 1. The molecule has 0 aliphatic rings. The quantitative estimate of drug-likeness (QED) is 0.378. The SMILES string of the molecule is C/C=N\C(ONC)=C(/C)OC. The summed E-state index contributed by atoms with van der Waals surface area (Å²) < 4.78 is 4.92.